The fourth-order valence-corrected chi connectivity index (χ4v) is 4.45. The molecule has 0 aromatic carbocycles. The van der Waals surface area contributed by atoms with E-state index in [-0.39, 0.29) is 6.23 Å². The van der Waals surface area contributed by atoms with Crippen molar-refractivity contribution in [2.45, 2.75) is 52.3 Å². The Balaban J connectivity index is 4.31. The lowest BCUT2D eigenvalue weighted by Crippen LogP contribution is -2.49. The van der Waals surface area contributed by atoms with Gasteiger partial charge in [-0.3, -0.25) is 0 Å². The molecule has 6 heteroatoms. The molecule has 5 nitrogen and oxygen atoms in total. The van der Waals surface area contributed by atoms with Gasteiger partial charge in [-0.05, 0) is 40.2 Å². The van der Waals surface area contributed by atoms with E-state index in [0.717, 1.165) is 31.9 Å². The Hall–Kier alpha value is 0.0169. The van der Waals surface area contributed by atoms with Crippen LogP contribution >= 0.6 is 0 Å². The molecule has 104 valence electrons. The summed E-state index contributed by atoms with van der Waals surface area (Å²) < 4.78 is 17.2. The van der Waals surface area contributed by atoms with Crippen molar-refractivity contribution in [1.29, 1.82) is 0 Å². The first-order valence-electron chi connectivity index (χ1n) is 6.51. The summed E-state index contributed by atoms with van der Waals surface area (Å²) in [6.07, 6.45) is 2.76. The van der Waals surface area contributed by atoms with Crippen LogP contribution in [0.3, 0.4) is 0 Å². The first kappa shape index (κ1) is 17.0. The summed E-state index contributed by atoms with van der Waals surface area (Å²) in [5.41, 5.74) is 11.2. The van der Waals surface area contributed by atoms with Gasteiger partial charge in [0.1, 0.15) is 0 Å². The highest BCUT2D eigenvalue weighted by Crippen LogP contribution is 2.20. The van der Waals surface area contributed by atoms with Crippen LogP contribution in [0.1, 0.15) is 40.0 Å². The van der Waals surface area contributed by atoms with Crippen molar-refractivity contribution in [3.63, 3.8) is 0 Å². The van der Waals surface area contributed by atoms with E-state index in [1.807, 2.05) is 13.8 Å². The highest BCUT2D eigenvalue weighted by molar-refractivity contribution is 6.60. The van der Waals surface area contributed by atoms with Gasteiger partial charge in [0.05, 0.1) is 6.23 Å². The monoisotopic (exact) mass is 264 g/mol. The predicted octanol–water partition coefficient (Wildman–Crippen LogP) is 1.45. The van der Waals surface area contributed by atoms with E-state index in [2.05, 4.69) is 0 Å². The number of hydrogen-bond acceptors (Lipinski definition) is 5. The molecule has 0 amide bonds. The van der Waals surface area contributed by atoms with Gasteiger partial charge in [0.15, 0.2) is 0 Å². The number of nitrogens with two attached hydrogens (primary N) is 2. The van der Waals surface area contributed by atoms with Crippen molar-refractivity contribution in [3.8, 4) is 0 Å². The van der Waals surface area contributed by atoms with Crippen LogP contribution in [0, 0.1) is 0 Å². The van der Waals surface area contributed by atoms with E-state index in [0.29, 0.717) is 13.2 Å². The molecule has 0 saturated heterocycles. The largest absolute Gasteiger partial charge is 0.502 e. The van der Waals surface area contributed by atoms with Crippen LogP contribution in [-0.4, -0.2) is 34.8 Å². The van der Waals surface area contributed by atoms with Gasteiger partial charge in [0, 0.05) is 19.3 Å². The zero-order chi connectivity index (χ0) is 13.1. The average molecular weight is 264 g/mol. The zero-order valence-corrected chi connectivity index (χ0v) is 12.4. The third kappa shape index (κ3) is 7.85. The highest BCUT2D eigenvalue weighted by Gasteiger charge is 2.41. The van der Waals surface area contributed by atoms with E-state index in [9.17, 15) is 0 Å². The maximum Gasteiger partial charge on any atom is 0.502 e. The summed E-state index contributed by atoms with van der Waals surface area (Å²) in [4.78, 5) is 0. The van der Waals surface area contributed by atoms with Crippen LogP contribution < -0.4 is 11.5 Å². The Morgan fingerprint density at radius 2 is 1.65 bits per heavy atom. The van der Waals surface area contributed by atoms with Crippen LogP contribution in [0.5, 0.6) is 0 Å². The van der Waals surface area contributed by atoms with Gasteiger partial charge in [-0.1, -0.05) is 6.42 Å². The molecule has 0 aliphatic heterocycles. The van der Waals surface area contributed by atoms with E-state index >= 15 is 0 Å². The van der Waals surface area contributed by atoms with Crippen LogP contribution in [0.2, 0.25) is 6.04 Å². The maximum atomic E-state index is 5.74. The Bertz CT molecular complexity index is 176. The highest BCUT2D eigenvalue weighted by atomic mass is 28.4. The van der Waals surface area contributed by atoms with E-state index in [4.69, 9.17) is 24.7 Å². The van der Waals surface area contributed by atoms with Gasteiger partial charge in [-0.2, -0.15) is 0 Å². The zero-order valence-electron chi connectivity index (χ0n) is 11.4. The molecular weight excluding hydrogens is 236 g/mol. The lowest BCUT2D eigenvalue weighted by Gasteiger charge is -2.30. The molecule has 17 heavy (non-hydrogen) atoms. The molecule has 1 atom stereocenters. The van der Waals surface area contributed by atoms with Gasteiger partial charge < -0.3 is 24.7 Å². The normalized spacial score (nSPS) is 13.9. The third-order valence-electron chi connectivity index (χ3n) is 2.28. The van der Waals surface area contributed by atoms with E-state index < -0.39 is 8.80 Å². The van der Waals surface area contributed by atoms with E-state index in [1.54, 1.807) is 6.92 Å². The molecule has 4 N–H and O–H groups in total. The topological polar surface area (TPSA) is 79.7 Å². The molecule has 1 unspecified atom stereocenters. The number of hydrogen-bond donors (Lipinski definition) is 2. The van der Waals surface area contributed by atoms with Crippen molar-refractivity contribution in [2.24, 2.45) is 11.5 Å². The fraction of sp³-hybridized carbons (Fsp3) is 1.00. The Morgan fingerprint density at radius 3 is 2.06 bits per heavy atom. The second-order valence-electron chi connectivity index (χ2n) is 3.97. The summed E-state index contributed by atoms with van der Waals surface area (Å²) in [5, 5.41) is 0. The van der Waals surface area contributed by atoms with Gasteiger partial charge in [-0.25, -0.2) is 0 Å². The molecule has 0 fully saturated rings. The quantitative estimate of drug-likeness (QED) is 0.335. The Morgan fingerprint density at radius 1 is 1.06 bits per heavy atom. The molecular formula is C11H28N2O3Si. The minimum absolute atomic E-state index is 0.353. The summed E-state index contributed by atoms with van der Waals surface area (Å²) in [5.74, 6) is 0. The Kier molecular flexibility index (Phi) is 10.00. The van der Waals surface area contributed by atoms with Crippen LogP contribution in [0.25, 0.3) is 0 Å². The molecule has 0 aromatic heterocycles. The first-order chi connectivity index (χ1) is 8.10. The molecule has 0 spiro atoms. The molecule has 0 aliphatic rings. The molecule has 0 heterocycles. The second-order valence-corrected chi connectivity index (χ2v) is 6.65. The van der Waals surface area contributed by atoms with Crippen molar-refractivity contribution in [2.75, 3.05) is 19.8 Å². The summed E-state index contributed by atoms with van der Waals surface area (Å²) in [6.45, 7) is 7.62. The summed E-state index contributed by atoms with van der Waals surface area (Å²) in [7, 11) is -2.57. The third-order valence-corrected chi connectivity index (χ3v) is 5.43. The Labute approximate surface area is 106 Å². The molecule has 0 aliphatic carbocycles. The smallest absolute Gasteiger partial charge is 0.374 e. The molecule has 0 bridgehead atoms. The minimum atomic E-state index is -2.57. The maximum absolute atomic E-state index is 5.74. The first-order valence-corrected chi connectivity index (χ1v) is 8.44. The second kappa shape index (κ2) is 9.99. The molecule has 0 radical (unpaired) electrons. The van der Waals surface area contributed by atoms with Gasteiger partial charge in [0.25, 0.3) is 0 Å². The van der Waals surface area contributed by atoms with Crippen LogP contribution in [-0.2, 0) is 13.3 Å². The molecule has 0 rings (SSSR count). The summed E-state index contributed by atoms with van der Waals surface area (Å²) >= 11 is 0. The lowest BCUT2D eigenvalue weighted by atomic mass is 10.2. The summed E-state index contributed by atoms with van der Waals surface area (Å²) in [6, 6.07) is 0.816. The van der Waals surface area contributed by atoms with Crippen molar-refractivity contribution in [1.82, 2.24) is 0 Å². The van der Waals surface area contributed by atoms with Crippen molar-refractivity contribution in [3.05, 3.63) is 0 Å². The number of rotatable bonds is 11. The lowest BCUT2D eigenvalue weighted by molar-refractivity contribution is 0.0400. The fourth-order valence-electron chi connectivity index (χ4n) is 1.70. The number of unbranched alkanes of at least 4 members (excludes halogenated alkanes) is 2. The molecule has 0 aromatic rings. The van der Waals surface area contributed by atoms with Crippen LogP contribution in [0.15, 0.2) is 0 Å². The van der Waals surface area contributed by atoms with Gasteiger partial charge in [0.2, 0.25) is 0 Å². The predicted molar refractivity (Wildman–Crippen MR) is 71.5 cm³/mol. The van der Waals surface area contributed by atoms with Gasteiger partial charge in [-0.15, -0.1) is 0 Å². The minimum Gasteiger partial charge on any atom is -0.374 e. The van der Waals surface area contributed by atoms with Crippen LogP contribution in [0.4, 0.5) is 0 Å². The average Bonchev–Trinajstić information content (AvgIpc) is 2.24. The standard InChI is InChI=1S/C11H28N2O3Si/c1-4-14-17(15-5-2,16-11(3)13)10-8-6-7-9-12/h11H,4-10,12-13H2,1-3H3. The van der Waals surface area contributed by atoms with Gasteiger partial charge >= 0.3 is 8.80 Å². The van der Waals surface area contributed by atoms with Crippen molar-refractivity contribution >= 4 is 8.80 Å². The van der Waals surface area contributed by atoms with Crippen molar-refractivity contribution < 1.29 is 13.3 Å². The molecule has 0 saturated carbocycles. The van der Waals surface area contributed by atoms with E-state index in [1.165, 1.54) is 0 Å². The SMILES string of the molecule is CCO[Si](CCCCCN)(OCC)OC(C)N.